The summed E-state index contributed by atoms with van der Waals surface area (Å²) in [6.45, 7) is -0.189. The zero-order valence-electron chi connectivity index (χ0n) is 16.3. The van der Waals surface area contributed by atoms with E-state index in [0.717, 1.165) is 0 Å². The molecule has 1 heterocycles. The molecule has 0 aliphatic carbocycles. The van der Waals surface area contributed by atoms with E-state index in [2.05, 4.69) is 21.4 Å². The fourth-order valence-electron chi connectivity index (χ4n) is 3.01. The van der Waals surface area contributed by atoms with Crippen LogP contribution in [0.4, 0.5) is 10.1 Å². The normalized spacial score (nSPS) is 11.2. The zero-order chi connectivity index (χ0) is 21.6. The molecule has 31 heavy (non-hydrogen) atoms. The van der Waals surface area contributed by atoms with Crippen molar-refractivity contribution in [3.8, 4) is 11.8 Å². The second-order valence-corrected chi connectivity index (χ2v) is 6.66. The summed E-state index contributed by atoms with van der Waals surface area (Å²) in [4.78, 5) is 19.5. The molecule has 4 rings (SSSR count). The third-order valence-electron chi connectivity index (χ3n) is 4.45. The predicted octanol–water partition coefficient (Wildman–Crippen LogP) is 4.78. The number of aromatic amines is 1. The van der Waals surface area contributed by atoms with Crippen LogP contribution in [-0.2, 0) is 4.79 Å². The lowest BCUT2D eigenvalue weighted by Crippen LogP contribution is -2.20. The van der Waals surface area contributed by atoms with Gasteiger partial charge in [0, 0.05) is 11.3 Å². The first-order valence-corrected chi connectivity index (χ1v) is 9.46. The lowest BCUT2D eigenvalue weighted by Gasteiger charge is -2.10. The number of benzene rings is 3. The van der Waals surface area contributed by atoms with Gasteiger partial charge in [-0.05, 0) is 42.5 Å². The van der Waals surface area contributed by atoms with Gasteiger partial charge in [-0.15, -0.1) is 0 Å². The number of amides is 1. The van der Waals surface area contributed by atoms with Gasteiger partial charge in [-0.1, -0.05) is 36.4 Å². The Morgan fingerprint density at radius 3 is 2.71 bits per heavy atom. The lowest BCUT2D eigenvalue weighted by molar-refractivity contribution is -0.118. The SMILES string of the molecule is N#C/C(=C/c1ccccc1OCC(=O)Nc1ccccc1)c1nc2ccc(F)cc2[nH]1. The topological polar surface area (TPSA) is 90.8 Å². The Labute approximate surface area is 177 Å². The molecule has 0 bridgehead atoms. The molecule has 7 heteroatoms. The van der Waals surface area contributed by atoms with E-state index >= 15 is 0 Å². The number of carbonyl (C=O) groups excluding carboxylic acids is 1. The summed E-state index contributed by atoms with van der Waals surface area (Å²) in [7, 11) is 0. The van der Waals surface area contributed by atoms with Gasteiger partial charge in [-0.2, -0.15) is 5.26 Å². The van der Waals surface area contributed by atoms with Gasteiger partial charge < -0.3 is 15.0 Å². The molecule has 0 spiro atoms. The number of anilines is 1. The number of nitriles is 1. The number of nitrogens with zero attached hydrogens (tertiary/aromatic N) is 2. The molecule has 4 aromatic rings. The van der Waals surface area contributed by atoms with E-state index in [1.54, 1.807) is 48.5 Å². The maximum atomic E-state index is 13.4. The van der Waals surface area contributed by atoms with Crippen LogP contribution >= 0.6 is 0 Å². The Morgan fingerprint density at radius 2 is 1.90 bits per heavy atom. The van der Waals surface area contributed by atoms with Crippen molar-refractivity contribution in [1.29, 1.82) is 5.26 Å². The molecule has 152 valence electrons. The van der Waals surface area contributed by atoms with Crippen LogP contribution in [0.25, 0.3) is 22.7 Å². The number of H-pyrrole nitrogens is 1. The second-order valence-electron chi connectivity index (χ2n) is 6.66. The summed E-state index contributed by atoms with van der Waals surface area (Å²) in [5.74, 6) is 0.0721. The quantitative estimate of drug-likeness (QED) is 0.446. The summed E-state index contributed by atoms with van der Waals surface area (Å²) in [5, 5.41) is 12.4. The van der Waals surface area contributed by atoms with Gasteiger partial charge in [0.1, 0.15) is 23.5 Å². The maximum Gasteiger partial charge on any atom is 0.262 e. The molecule has 1 amide bonds. The van der Waals surface area contributed by atoms with Crippen LogP contribution in [-0.4, -0.2) is 22.5 Å². The summed E-state index contributed by atoms with van der Waals surface area (Å²) in [6.07, 6.45) is 1.61. The van der Waals surface area contributed by atoms with E-state index in [0.29, 0.717) is 33.9 Å². The molecule has 0 aliphatic heterocycles. The molecule has 2 N–H and O–H groups in total. The van der Waals surface area contributed by atoms with Crippen LogP contribution in [0.2, 0.25) is 0 Å². The first-order chi connectivity index (χ1) is 15.1. The van der Waals surface area contributed by atoms with Gasteiger partial charge in [0.2, 0.25) is 0 Å². The average Bonchev–Trinajstić information content (AvgIpc) is 3.20. The molecule has 0 saturated carbocycles. The highest BCUT2D eigenvalue weighted by molar-refractivity contribution is 5.93. The van der Waals surface area contributed by atoms with Crippen molar-refractivity contribution in [2.75, 3.05) is 11.9 Å². The molecule has 0 atom stereocenters. The molecule has 0 radical (unpaired) electrons. The summed E-state index contributed by atoms with van der Waals surface area (Å²) in [5.41, 5.74) is 2.59. The number of fused-ring (bicyclic) bond motifs is 1. The number of imidazole rings is 1. The van der Waals surface area contributed by atoms with Crippen LogP contribution in [0, 0.1) is 17.1 Å². The minimum absolute atomic E-state index is 0.189. The molecule has 3 aromatic carbocycles. The first-order valence-electron chi connectivity index (χ1n) is 9.46. The molecule has 0 aliphatic rings. The molecular formula is C24H17FN4O2. The van der Waals surface area contributed by atoms with Crippen molar-refractivity contribution in [2.45, 2.75) is 0 Å². The number of hydrogen-bond donors (Lipinski definition) is 2. The highest BCUT2D eigenvalue weighted by Gasteiger charge is 2.11. The van der Waals surface area contributed by atoms with Gasteiger partial charge in [0.25, 0.3) is 5.91 Å². The number of hydrogen-bond acceptors (Lipinski definition) is 4. The largest absolute Gasteiger partial charge is 0.483 e. The number of carbonyl (C=O) groups is 1. The third-order valence-corrected chi connectivity index (χ3v) is 4.45. The number of rotatable bonds is 6. The van der Waals surface area contributed by atoms with Crippen LogP contribution in [0.1, 0.15) is 11.4 Å². The monoisotopic (exact) mass is 412 g/mol. The third kappa shape index (κ3) is 4.77. The molecule has 0 saturated heterocycles. The van der Waals surface area contributed by atoms with Crippen LogP contribution < -0.4 is 10.1 Å². The number of allylic oxidation sites excluding steroid dienone is 1. The fraction of sp³-hybridized carbons (Fsp3) is 0.0417. The Balaban J connectivity index is 1.54. The minimum Gasteiger partial charge on any atom is -0.483 e. The number of ether oxygens (including phenoxy) is 1. The Morgan fingerprint density at radius 1 is 1.13 bits per heavy atom. The van der Waals surface area contributed by atoms with Crippen molar-refractivity contribution in [1.82, 2.24) is 9.97 Å². The van der Waals surface area contributed by atoms with E-state index in [-0.39, 0.29) is 18.1 Å². The summed E-state index contributed by atoms with van der Waals surface area (Å²) in [6, 6.07) is 22.4. The number of aromatic nitrogens is 2. The Bertz CT molecular complexity index is 1310. The second kappa shape index (κ2) is 8.93. The van der Waals surface area contributed by atoms with E-state index < -0.39 is 5.82 Å². The number of nitrogens with one attached hydrogen (secondary N) is 2. The van der Waals surface area contributed by atoms with Crippen molar-refractivity contribution in [3.05, 3.63) is 90.0 Å². The molecular weight excluding hydrogens is 395 g/mol. The summed E-state index contributed by atoms with van der Waals surface area (Å²) >= 11 is 0. The van der Waals surface area contributed by atoms with Crippen molar-refractivity contribution in [3.63, 3.8) is 0 Å². The van der Waals surface area contributed by atoms with Gasteiger partial charge in [0.05, 0.1) is 16.6 Å². The Hall–Kier alpha value is -4.44. The van der Waals surface area contributed by atoms with Crippen LogP contribution in [0.15, 0.2) is 72.8 Å². The van der Waals surface area contributed by atoms with Gasteiger partial charge in [-0.25, -0.2) is 9.37 Å². The van der Waals surface area contributed by atoms with Crippen molar-refractivity contribution < 1.29 is 13.9 Å². The van der Waals surface area contributed by atoms with E-state index in [1.165, 1.54) is 12.1 Å². The molecule has 6 nitrogen and oxygen atoms in total. The number of para-hydroxylation sites is 2. The van der Waals surface area contributed by atoms with Crippen molar-refractivity contribution >= 4 is 34.3 Å². The van der Waals surface area contributed by atoms with Gasteiger partial charge in [-0.3, -0.25) is 4.79 Å². The smallest absolute Gasteiger partial charge is 0.262 e. The van der Waals surface area contributed by atoms with Crippen molar-refractivity contribution in [2.24, 2.45) is 0 Å². The maximum absolute atomic E-state index is 13.4. The minimum atomic E-state index is -0.391. The molecule has 0 fully saturated rings. The number of halogens is 1. The predicted molar refractivity (Wildman–Crippen MR) is 117 cm³/mol. The highest BCUT2D eigenvalue weighted by Crippen LogP contribution is 2.25. The molecule has 1 aromatic heterocycles. The summed E-state index contributed by atoms with van der Waals surface area (Å²) < 4.78 is 19.1. The fourth-order valence-corrected chi connectivity index (χ4v) is 3.01. The van der Waals surface area contributed by atoms with Gasteiger partial charge >= 0.3 is 0 Å². The van der Waals surface area contributed by atoms with Gasteiger partial charge in [0.15, 0.2) is 6.61 Å². The highest BCUT2D eigenvalue weighted by atomic mass is 19.1. The van der Waals surface area contributed by atoms with E-state index in [1.807, 2.05) is 18.2 Å². The van der Waals surface area contributed by atoms with Crippen LogP contribution in [0.3, 0.4) is 0 Å². The lowest BCUT2D eigenvalue weighted by atomic mass is 10.1. The van der Waals surface area contributed by atoms with E-state index in [9.17, 15) is 14.4 Å². The Kier molecular flexibility index (Phi) is 5.72. The van der Waals surface area contributed by atoms with E-state index in [4.69, 9.17) is 4.74 Å². The molecule has 0 unspecified atom stereocenters. The van der Waals surface area contributed by atoms with Crippen LogP contribution in [0.5, 0.6) is 5.75 Å². The zero-order valence-corrected chi connectivity index (χ0v) is 16.3. The standard InChI is InChI=1S/C24H17FN4O2/c25-18-10-11-20-21(13-18)29-24(28-20)17(14-26)12-16-6-4-5-9-22(16)31-15-23(30)27-19-7-2-1-3-8-19/h1-13H,15H2,(H,27,30)(H,28,29)/b17-12-. The first kappa shape index (κ1) is 19.9. The average molecular weight is 412 g/mol.